The van der Waals surface area contributed by atoms with E-state index in [1.807, 2.05) is 0 Å². The second-order valence-corrected chi connectivity index (χ2v) is 6.19. The molecule has 116 valence electrons. The number of carboxylic acid groups (broad SMARTS) is 1. The molecule has 21 heavy (non-hydrogen) atoms. The van der Waals surface area contributed by atoms with Crippen LogP contribution in [0.4, 0.5) is 5.82 Å². The summed E-state index contributed by atoms with van der Waals surface area (Å²) in [6, 6.07) is 0.312. The van der Waals surface area contributed by atoms with Crippen molar-refractivity contribution in [3.05, 3.63) is 22.7 Å². The topological polar surface area (TPSA) is 84.2 Å². The van der Waals surface area contributed by atoms with E-state index in [9.17, 15) is 9.59 Å². The molecule has 2 N–H and O–H groups in total. The van der Waals surface area contributed by atoms with Gasteiger partial charge in [-0.3, -0.25) is 9.59 Å². The summed E-state index contributed by atoms with van der Waals surface area (Å²) in [6.45, 7) is 4.59. The number of rotatable bonds is 8. The van der Waals surface area contributed by atoms with E-state index < -0.39 is 5.97 Å². The predicted octanol–water partition coefficient (Wildman–Crippen LogP) is 2.13. The zero-order chi connectivity index (χ0) is 15.4. The monoisotopic (exact) mass is 293 g/mol. The smallest absolute Gasteiger partial charge is 0.303 e. The Hall–Kier alpha value is -1.85. The molecule has 1 aliphatic rings. The van der Waals surface area contributed by atoms with Crippen LogP contribution in [0.15, 0.2) is 17.2 Å². The van der Waals surface area contributed by atoms with Crippen LogP contribution < -0.4 is 10.9 Å². The minimum atomic E-state index is -0.807. The molecule has 6 nitrogen and oxygen atoms in total. The third-order valence-corrected chi connectivity index (χ3v) is 3.63. The first-order valence-electron chi connectivity index (χ1n) is 7.50. The molecule has 6 heteroatoms. The Morgan fingerprint density at radius 3 is 2.81 bits per heavy atom. The SMILES string of the molecule is CC(C)CC(CNc1nccn(C2CC2)c1=O)CC(=O)O. The van der Waals surface area contributed by atoms with Gasteiger partial charge in [-0.2, -0.15) is 0 Å². The van der Waals surface area contributed by atoms with Crippen LogP contribution >= 0.6 is 0 Å². The highest BCUT2D eigenvalue weighted by Gasteiger charge is 2.25. The van der Waals surface area contributed by atoms with E-state index >= 15 is 0 Å². The number of aromatic nitrogens is 2. The van der Waals surface area contributed by atoms with E-state index in [1.165, 1.54) is 0 Å². The fraction of sp³-hybridized carbons (Fsp3) is 0.667. The number of hydrogen-bond acceptors (Lipinski definition) is 4. The van der Waals surface area contributed by atoms with Crippen LogP contribution in [0, 0.1) is 11.8 Å². The number of carboxylic acids is 1. The van der Waals surface area contributed by atoms with Crippen molar-refractivity contribution >= 4 is 11.8 Å². The maximum absolute atomic E-state index is 12.2. The molecule has 0 aromatic carbocycles. The molecule has 2 rings (SSSR count). The Balaban J connectivity index is 2.01. The highest BCUT2D eigenvalue weighted by molar-refractivity contribution is 5.67. The Morgan fingerprint density at radius 1 is 1.52 bits per heavy atom. The van der Waals surface area contributed by atoms with Crippen molar-refractivity contribution in [2.45, 2.75) is 45.6 Å². The Morgan fingerprint density at radius 2 is 2.24 bits per heavy atom. The van der Waals surface area contributed by atoms with E-state index in [0.29, 0.717) is 24.3 Å². The van der Waals surface area contributed by atoms with Crippen molar-refractivity contribution in [2.75, 3.05) is 11.9 Å². The van der Waals surface area contributed by atoms with E-state index in [1.54, 1.807) is 17.0 Å². The van der Waals surface area contributed by atoms with Crippen LogP contribution in [0.5, 0.6) is 0 Å². The molecule has 0 amide bonds. The average Bonchev–Trinajstić information content (AvgIpc) is 3.20. The third-order valence-electron chi connectivity index (χ3n) is 3.63. The van der Waals surface area contributed by atoms with E-state index in [4.69, 9.17) is 5.11 Å². The van der Waals surface area contributed by atoms with Crippen molar-refractivity contribution in [3.8, 4) is 0 Å². The van der Waals surface area contributed by atoms with Gasteiger partial charge < -0.3 is 15.0 Å². The standard InChI is InChI=1S/C15H23N3O3/c1-10(2)7-11(8-13(19)20)9-17-14-15(21)18(6-5-16-14)12-3-4-12/h5-6,10-12H,3-4,7-9H2,1-2H3,(H,16,17)(H,19,20). The molecule has 1 unspecified atom stereocenters. The van der Waals surface area contributed by atoms with E-state index in [-0.39, 0.29) is 17.9 Å². The first-order valence-corrected chi connectivity index (χ1v) is 7.50. The summed E-state index contributed by atoms with van der Waals surface area (Å²) in [7, 11) is 0. The second kappa shape index (κ2) is 6.74. The molecule has 1 aromatic rings. The van der Waals surface area contributed by atoms with Gasteiger partial charge in [0.15, 0.2) is 5.82 Å². The fourth-order valence-electron chi connectivity index (χ4n) is 2.58. The Kier molecular flexibility index (Phi) is 4.98. The van der Waals surface area contributed by atoms with Crippen molar-refractivity contribution in [2.24, 2.45) is 11.8 Å². The highest BCUT2D eigenvalue weighted by Crippen LogP contribution is 2.33. The lowest BCUT2D eigenvalue weighted by Crippen LogP contribution is -2.27. The quantitative estimate of drug-likeness (QED) is 0.767. The largest absolute Gasteiger partial charge is 0.481 e. The number of nitrogens with zero attached hydrogens (tertiary/aromatic N) is 2. The lowest BCUT2D eigenvalue weighted by atomic mass is 9.94. The molecule has 0 aliphatic heterocycles. The molecule has 1 heterocycles. The van der Waals surface area contributed by atoms with E-state index in [0.717, 1.165) is 19.3 Å². The van der Waals surface area contributed by atoms with Crippen LogP contribution in [-0.2, 0) is 4.79 Å². The number of hydrogen-bond donors (Lipinski definition) is 2. The molecule has 1 aliphatic carbocycles. The van der Waals surface area contributed by atoms with Crippen molar-refractivity contribution in [1.82, 2.24) is 9.55 Å². The van der Waals surface area contributed by atoms with Crippen LogP contribution in [0.3, 0.4) is 0 Å². The van der Waals surface area contributed by atoms with Gasteiger partial charge in [-0.1, -0.05) is 13.8 Å². The van der Waals surface area contributed by atoms with Gasteiger partial charge in [-0.15, -0.1) is 0 Å². The predicted molar refractivity (Wildman–Crippen MR) is 80.5 cm³/mol. The maximum atomic E-state index is 12.2. The van der Waals surface area contributed by atoms with Gasteiger partial charge in [-0.25, -0.2) is 4.98 Å². The Labute approximate surface area is 124 Å². The lowest BCUT2D eigenvalue weighted by Gasteiger charge is -2.18. The Bertz CT molecular complexity index is 549. The molecule has 0 spiro atoms. The van der Waals surface area contributed by atoms with Gasteiger partial charge in [0.05, 0.1) is 0 Å². The normalized spacial score (nSPS) is 16.0. The van der Waals surface area contributed by atoms with Gasteiger partial charge in [-0.05, 0) is 31.1 Å². The van der Waals surface area contributed by atoms with Crippen LogP contribution in [0.25, 0.3) is 0 Å². The zero-order valence-corrected chi connectivity index (χ0v) is 12.6. The molecule has 1 saturated carbocycles. The summed E-state index contributed by atoms with van der Waals surface area (Å²) in [6.07, 6.45) is 6.33. The number of carbonyl (C=O) groups is 1. The summed E-state index contributed by atoms with van der Waals surface area (Å²) in [5, 5.41) is 12.0. The van der Waals surface area contributed by atoms with Gasteiger partial charge >= 0.3 is 5.97 Å². The molecule has 1 fully saturated rings. The molecular weight excluding hydrogens is 270 g/mol. The molecule has 0 bridgehead atoms. The maximum Gasteiger partial charge on any atom is 0.303 e. The number of anilines is 1. The van der Waals surface area contributed by atoms with E-state index in [2.05, 4.69) is 24.1 Å². The molecule has 0 radical (unpaired) electrons. The minimum Gasteiger partial charge on any atom is -0.481 e. The van der Waals surface area contributed by atoms with Crippen LogP contribution in [0.1, 0.15) is 45.6 Å². The summed E-state index contributed by atoms with van der Waals surface area (Å²) in [5.41, 5.74) is -0.112. The van der Waals surface area contributed by atoms with Gasteiger partial charge in [0, 0.05) is 31.4 Å². The molecule has 1 atom stereocenters. The van der Waals surface area contributed by atoms with Crippen LogP contribution in [0.2, 0.25) is 0 Å². The summed E-state index contributed by atoms with van der Waals surface area (Å²) < 4.78 is 1.71. The van der Waals surface area contributed by atoms with Gasteiger partial charge in [0.25, 0.3) is 5.56 Å². The van der Waals surface area contributed by atoms with Crippen molar-refractivity contribution in [3.63, 3.8) is 0 Å². The minimum absolute atomic E-state index is 0.00159. The summed E-state index contributed by atoms with van der Waals surface area (Å²) >= 11 is 0. The van der Waals surface area contributed by atoms with Crippen molar-refractivity contribution < 1.29 is 9.90 Å². The summed E-state index contributed by atoms with van der Waals surface area (Å²) in [5.74, 6) is -0.0660. The van der Waals surface area contributed by atoms with Gasteiger partial charge in [0.2, 0.25) is 0 Å². The second-order valence-electron chi connectivity index (χ2n) is 6.19. The zero-order valence-electron chi connectivity index (χ0n) is 12.6. The first kappa shape index (κ1) is 15.5. The lowest BCUT2D eigenvalue weighted by molar-refractivity contribution is -0.138. The molecular formula is C15H23N3O3. The van der Waals surface area contributed by atoms with Gasteiger partial charge in [0.1, 0.15) is 0 Å². The average molecular weight is 293 g/mol. The van der Waals surface area contributed by atoms with Crippen LogP contribution in [-0.4, -0.2) is 27.2 Å². The fourth-order valence-corrected chi connectivity index (χ4v) is 2.58. The highest BCUT2D eigenvalue weighted by atomic mass is 16.4. The molecule has 0 saturated heterocycles. The summed E-state index contributed by atoms with van der Waals surface area (Å²) in [4.78, 5) is 27.2. The number of nitrogens with one attached hydrogen (secondary N) is 1. The third kappa shape index (κ3) is 4.58. The molecule has 1 aromatic heterocycles. The van der Waals surface area contributed by atoms with Crippen molar-refractivity contribution in [1.29, 1.82) is 0 Å². The first-order chi connectivity index (χ1) is 9.97. The number of aliphatic carboxylic acids is 1.